The Kier molecular flexibility index (Phi) is 4.30. The first kappa shape index (κ1) is 10.5. The van der Waals surface area contributed by atoms with E-state index in [1.807, 2.05) is 0 Å². The van der Waals surface area contributed by atoms with E-state index in [2.05, 4.69) is 0 Å². The van der Waals surface area contributed by atoms with Crippen LogP contribution in [0.4, 0.5) is 0 Å². The maximum atomic E-state index is 5.61. The van der Waals surface area contributed by atoms with Gasteiger partial charge >= 0.3 is 0 Å². The SMILES string of the molecule is C1CCCC(C2CCCOC2)CCC1. The average Bonchev–Trinajstić information content (AvgIpc) is 2.18. The molecular weight excluding hydrogens is 172 g/mol. The number of rotatable bonds is 1. The topological polar surface area (TPSA) is 9.23 Å². The normalized spacial score (nSPS) is 32.1. The maximum Gasteiger partial charge on any atom is 0.0496 e. The monoisotopic (exact) mass is 196 g/mol. The lowest BCUT2D eigenvalue weighted by atomic mass is 9.79. The van der Waals surface area contributed by atoms with Gasteiger partial charge in [-0.1, -0.05) is 44.9 Å². The lowest BCUT2D eigenvalue weighted by molar-refractivity contribution is 0.0248. The van der Waals surface area contributed by atoms with Crippen LogP contribution in [0.15, 0.2) is 0 Å². The highest BCUT2D eigenvalue weighted by Gasteiger charge is 2.24. The largest absolute Gasteiger partial charge is 0.381 e. The minimum atomic E-state index is 0.904. The highest BCUT2D eigenvalue weighted by Crippen LogP contribution is 2.32. The van der Waals surface area contributed by atoms with Gasteiger partial charge in [-0.05, 0) is 24.7 Å². The van der Waals surface area contributed by atoms with Crippen LogP contribution >= 0.6 is 0 Å². The van der Waals surface area contributed by atoms with Gasteiger partial charge in [0.1, 0.15) is 0 Å². The highest BCUT2D eigenvalue weighted by atomic mass is 16.5. The molecule has 1 unspecified atom stereocenters. The quantitative estimate of drug-likeness (QED) is 0.620. The van der Waals surface area contributed by atoms with Crippen molar-refractivity contribution in [3.05, 3.63) is 0 Å². The molecule has 2 aliphatic rings. The van der Waals surface area contributed by atoms with Crippen LogP contribution in [-0.4, -0.2) is 13.2 Å². The van der Waals surface area contributed by atoms with Crippen LogP contribution in [0.2, 0.25) is 0 Å². The van der Waals surface area contributed by atoms with E-state index in [0.29, 0.717) is 0 Å². The molecule has 1 heteroatoms. The number of hydrogen-bond acceptors (Lipinski definition) is 1. The van der Waals surface area contributed by atoms with Crippen molar-refractivity contribution in [3.63, 3.8) is 0 Å². The van der Waals surface area contributed by atoms with E-state index in [9.17, 15) is 0 Å². The summed E-state index contributed by atoms with van der Waals surface area (Å²) >= 11 is 0. The Bertz CT molecular complexity index is 141. The van der Waals surface area contributed by atoms with Crippen LogP contribution in [0, 0.1) is 11.8 Å². The lowest BCUT2D eigenvalue weighted by Crippen LogP contribution is -2.25. The van der Waals surface area contributed by atoms with E-state index in [4.69, 9.17) is 4.74 Å². The summed E-state index contributed by atoms with van der Waals surface area (Å²) in [6.07, 6.45) is 13.1. The fourth-order valence-corrected chi connectivity index (χ4v) is 3.10. The maximum absolute atomic E-state index is 5.61. The number of ether oxygens (including phenoxy) is 1. The van der Waals surface area contributed by atoms with Crippen LogP contribution in [0.5, 0.6) is 0 Å². The number of hydrogen-bond donors (Lipinski definition) is 0. The molecule has 0 aromatic rings. The Labute approximate surface area is 88.2 Å². The van der Waals surface area contributed by atoms with Crippen molar-refractivity contribution < 1.29 is 4.74 Å². The van der Waals surface area contributed by atoms with Gasteiger partial charge in [-0.15, -0.1) is 0 Å². The molecule has 0 aromatic carbocycles. The van der Waals surface area contributed by atoms with Gasteiger partial charge in [0.25, 0.3) is 0 Å². The van der Waals surface area contributed by atoms with E-state index in [1.165, 1.54) is 57.8 Å². The molecule has 0 radical (unpaired) electrons. The van der Waals surface area contributed by atoms with Crippen LogP contribution in [0.3, 0.4) is 0 Å². The van der Waals surface area contributed by atoms with E-state index < -0.39 is 0 Å². The Balaban J connectivity index is 1.80. The van der Waals surface area contributed by atoms with Gasteiger partial charge < -0.3 is 4.74 Å². The summed E-state index contributed by atoms with van der Waals surface area (Å²) in [5, 5.41) is 0. The summed E-state index contributed by atoms with van der Waals surface area (Å²) < 4.78 is 5.61. The van der Waals surface area contributed by atoms with Gasteiger partial charge in [-0.2, -0.15) is 0 Å². The summed E-state index contributed by atoms with van der Waals surface area (Å²) in [6, 6.07) is 0. The van der Waals surface area contributed by atoms with Gasteiger partial charge in [0.05, 0.1) is 0 Å². The molecule has 1 saturated carbocycles. The third kappa shape index (κ3) is 2.98. The molecule has 0 N–H and O–H groups in total. The second-order valence-corrected chi connectivity index (χ2v) is 5.08. The fraction of sp³-hybridized carbons (Fsp3) is 1.00. The molecule has 0 aromatic heterocycles. The summed E-state index contributed by atoms with van der Waals surface area (Å²) in [4.78, 5) is 0. The van der Waals surface area contributed by atoms with Gasteiger partial charge in [-0.25, -0.2) is 0 Å². The Morgan fingerprint density at radius 3 is 1.93 bits per heavy atom. The van der Waals surface area contributed by atoms with Crippen molar-refractivity contribution in [1.29, 1.82) is 0 Å². The van der Waals surface area contributed by atoms with Crippen molar-refractivity contribution in [1.82, 2.24) is 0 Å². The van der Waals surface area contributed by atoms with E-state index in [1.54, 1.807) is 0 Å². The lowest BCUT2D eigenvalue weighted by Gasteiger charge is -2.31. The molecule has 1 nitrogen and oxygen atoms in total. The Morgan fingerprint density at radius 1 is 0.643 bits per heavy atom. The van der Waals surface area contributed by atoms with Crippen molar-refractivity contribution in [2.45, 2.75) is 57.8 Å². The first-order chi connectivity index (χ1) is 6.97. The summed E-state index contributed by atoms with van der Waals surface area (Å²) in [5.41, 5.74) is 0. The standard InChI is InChI=1S/C13H24O/c1-2-4-7-12(8-5-3-1)13-9-6-10-14-11-13/h12-13H,1-11H2. The van der Waals surface area contributed by atoms with Crippen molar-refractivity contribution in [2.24, 2.45) is 11.8 Å². The zero-order valence-electron chi connectivity index (χ0n) is 9.34. The predicted octanol–water partition coefficient (Wildman–Crippen LogP) is 3.77. The zero-order valence-corrected chi connectivity index (χ0v) is 9.34. The molecule has 1 saturated heterocycles. The van der Waals surface area contributed by atoms with Gasteiger partial charge in [0.2, 0.25) is 0 Å². The average molecular weight is 196 g/mol. The third-order valence-corrected chi connectivity index (χ3v) is 4.01. The molecule has 14 heavy (non-hydrogen) atoms. The molecule has 0 amide bonds. The van der Waals surface area contributed by atoms with E-state index in [0.717, 1.165) is 25.0 Å². The van der Waals surface area contributed by atoms with E-state index >= 15 is 0 Å². The minimum Gasteiger partial charge on any atom is -0.381 e. The molecule has 82 valence electrons. The summed E-state index contributed by atoms with van der Waals surface area (Å²) in [7, 11) is 0. The van der Waals surface area contributed by atoms with Crippen LogP contribution in [-0.2, 0) is 4.74 Å². The van der Waals surface area contributed by atoms with Gasteiger partial charge in [-0.3, -0.25) is 0 Å². The molecule has 0 bridgehead atoms. The molecule has 2 fully saturated rings. The molecule has 2 rings (SSSR count). The molecular formula is C13H24O. The van der Waals surface area contributed by atoms with Crippen molar-refractivity contribution in [3.8, 4) is 0 Å². The molecule has 1 atom stereocenters. The van der Waals surface area contributed by atoms with Crippen molar-refractivity contribution in [2.75, 3.05) is 13.2 Å². The molecule has 1 aliphatic heterocycles. The molecule has 0 spiro atoms. The second-order valence-electron chi connectivity index (χ2n) is 5.08. The summed E-state index contributed by atoms with van der Waals surface area (Å²) in [5.74, 6) is 1.90. The molecule has 1 heterocycles. The van der Waals surface area contributed by atoms with Gasteiger partial charge in [0.15, 0.2) is 0 Å². The minimum absolute atomic E-state index is 0.904. The Hall–Kier alpha value is -0.0400. The predicted molar refractivity (Wildman–Crippen MR) is 59.4 cm³/mol. The van der Waals surface area contributed by atoms with Crippen LogP contribution in [0.25, 0.3) is 0 Å². The van der Waals surface area contributed by atoms with Crippen LogP contribution < -0.4 is 0 Å². The van der Waals surface area contributed by atoms with Crippen LogP contribution in [0.1, 0.15) is 57.8 Å². The fourth-order valence-electron chi connectivity index (χ4n) is 3.10. The third-order valence-electron chi connectivity index (χ3n) is 4.01. The summed E-state index contributed by atoms with van der Waals surface area (Å²) in [6.45, 7) is 2.08. The smallest absolute Gasteiger partial charge is 0.0496 e. The molecule has 1 aliphatic carbocycles. The van der Waals surface area contributed by atoms with Gasteiger partial charge in [0, 0.05) is 13.2 Å². The zero-order chi connectivity index (χ0) is 9.64. The second kappa shape index (κ2) is 5.75. The highest BCUT2D eigenvalue weighted by molar-refractivity contribution is 4.74. The van der Waals surface area contributed by atoms with E-state index in [-0.39, 0.29) is 0 Å². The first-order valence-electron chi connectivity index (χ1n) is 6.54. The van der Waals surface area contributed by atoms with Crippen molar-refractivity contribution >= 4 is 0 Å². The first-order valence-corrected chi connectivity index (χ1v) is 6.54. The Morgan fingerprint density at radius 2 is 1.29 bits per heavy atom.